The van der Waals surface area contributed by atoms with Crippen molar-refractivity contribution in [1.29, 1.82) is 5.26 Å². The first kappa shape index (κ1) is 19.5. The smallest absolute Gasteiger partial charge is 0.265 e. The van der Waals surface area contributed by atoms with Crippen LogP contribution in [0.15, 0.2) is 48.5 Å². The van der Waals surface area contributed by atoms with Gasteiger partial charge in [-0.05, 0) is 31.5 Å². The zero-order chi connectivity index (χ0) is 22.5. The van der Waals surface area contributed by atoms with E-state index in [-0.39, 0.29) is 12.3 Å². The van der Waals surface area contributed by atoms with Gasteiger partial charge in [-0.1, -0.05) is 36.4 Å². The second-order valence-electron chi connectivity index (χ2n) is 9.44. The molecule has 2 aromatic rings. The largest absolute Gasteiger partial charge is 0.374 e. The van der Waals surface area contributed by atoms with E-state index in [1.54, 1.807) is 37.2 Å². The second kappa shape index (κ2) is 5.97. The van der Waals surface area contributed by atoms with Crippen LogP contribution in [0.4, 0.5) is 11.4 Å². The van der Waals surface area contributed by atoms with E-state index in [0.29, 0.717) is 24.2 Å². The Morgan fingerprint density at radius 2 is 1.56 bits per heavy atom. The topological polar surface area (TPSA) is 87.9 Å². The fraction of sp³-hybridized carbons (Fsp3) is 0.400. The first-order chi connectivity index (χ1) is 15.3. The standard InChI is InChI=1S/C25H24N4O3/c1-27-18-10-5-3-8-16(18)24(21(27)30)14-23(15-26,20-12-7-13-29(20)24)25(32)17-9-4-6-11-19(17)28(2)22(25)31/h3-6,8-11,20,32H,7,12-14H2,1-2H3. The molecule has 7 heteroatoms. The lowest BCUT2D eigenvalue weighted by Crippen LogP contribution is -2.56. The fourth-order valence-electron chi connectivity index (χ4n) is 6.96. The summed E-state index contributed by atoms with van der Waals surface area (Å²) >= 11 is 0. The summed E-state index contributed by atoms with van der Waals surface area (Å²) in [6.07, 6.45) is 1.53. The summed E-state index contributed by atoms with van der Waals surface area (Å²) in [7, 11) is 3.39. The van der Waals surface area contributed by atoms with Gasteiger partial charge in [0.15, 0.2) is 5.60 Å². The number of rotatable bonds is 1. The molecule has 2 fully saturated rings. The Morgan fingerprint density at radius 1 is 0.969 bits per heavy atom. The minimum Gasteiger partial charge on any atom is -0.374 e. The molecular formula is C25H24N4O3. The molecule has 4 aliphatic heterocycles. The molecule has 162 valence electrons. The van der Waals surface area contributed by atoms with Crippen molar-refractivity contribution in [3.05, 3.63) is 59.7 Å². The van der Waals surface area contributed by atoms with Gasteiger partial charge in [0.2, 0.25) is 0 Å². The lowest BCUT2D eigenvalue weighted by Gasteiger charge is -2.39. The number of hydrogen-bond acceptors (Lipinski definition) is 5. The van der Waals surface area contributed by atoms with Gasteiger partial charge in [0.25, 0.3) is 11.8 Å². The quantitative estimate of drug-likeness (QED) is 0.752. The summed E-state index contributed by atoms with van der Waals surface area (Å²) in [6.45, 7) is 0.643. The van der Waals surface area contributed by atoms with Crippen LogP contribution in [0.25, 0.3) is 0 Å². The maximum atomic E-state index is 13.8. The van der Waals surface area contributed by atoms with Gasteiger partial charge in [-0.2, -0.15) is 5.26 Å². The minimum absolute atomic E-state index is 0.0752. The number of nitriles is 1. The molecule has 2 aromatic carbocycles. The Morgan fingerprint density at radius 3 is 2.25 bits per heavy atom. The van der Waals surface area contributed by atoms with E-state index in [1.165, 1.54) is 4.90 Å². The average Bonchev–Trinajstić information content (AvgIpc) is 3.52. The van der Waals surface area contributed by atoms with Gasteiger partial charge in [0.1, 0.15) is 11.0 Å². The van der Waals surface area contributed by atoms with Crippen molar-refractivity contribution in [2.24, 2.45) is 5.41 Å². The third kappa shape index (κ3) is 1.83. The van der Waals surface area contributed by atoms with Crippen LogP contribution in [0, 0.1) is 16.7 Å². The van der Waals surface area contributed by atoms with E-state index >= 15 is 0 Å². The molecule has 0 aliphatic carbocycles. The number of benzene rings is 2. The van der Waals surface area contributed by atoms with Crippen molar-refractivity contribution in [2.45, 2.75) is 36.4 Å². The van der Waals surface area contributed by atoms with Crippen molar-refractivity contribution in [3.8, 4) is 6.07 Å². The predicted molar refractivity (Wildman–Crippen MR) is 118 cm³/mol. The number of hydrogen-bond donors (Lipinski definition) is 1. The van der Waals surface area contributed by atoms with Gasteiger partial charge in [-0.15, -0.1) is 0 Å². The zero-order valence-corrected chi connectivity index (χ0v) is 18.1. The molecule has 0 bridgehead atoms. The van der Waals surface area contributed by atoms with Crippen LogP contribution in [0.2, 0.25) is 0 Å². The highest BCUT2D eigenvalue weighted by atomic mass is 16.3. The number of carbonyl (C=O) groups is 2. The maximum absolute atomic E-state index is 13.8. The Bertz CT molecular complexity index is 1240. The molecular weight excluding hydrogens is 404 g/mol. The van der Waals surface area contributed by atoms with Crippen LogP contribution >= 0.6 is 0 Å². The molecule has 6 rings (SSSR count). The van der Waals surface area contributed by atoms with E-state index < -0.39 is 28.5 Å². The highest BCUT2D eigenvalue weighted by Crippen LogP contribution is 2.66. The Kier molecular flexibility index (Phi) is 3.63. The number of amides is 2. The van der Waals surface area contributed by atoms with Crippen LogP contribution in [-0.4, -0.2) is 48.5 Å². The van der Waals surface area contributed by atoms with Crippen molar-refractivity contribution in [1.82, 2.24) is 4.90 Å². The number of para-hydroxylation sites is 2. The minimum atomic E-state index is -2.03. The SMILES string of the molecule is CN1C(=O)C2(CC(C#N)(C3(O)C(=O)N(C)c4ccccc43)C3CCCN32)c2ccccc21. The third-order valence-corrected chi connectivity index (χ3v) is 8.33. The number of fused-ring (bicyclic) bond motifs is 5. The van der Waals surface area contributed by atoms with Crippen LogP contribution in [-0.2, 0) is 20.7 Å². The maximum Gasteiger partial charge on any atom is 0.265 e. The second-order valence-corrected chi connectivity index (χ2v) is 9.44. The fourth-order valence-corrected chi connectivity index (χ4v) is 6.96. The molecule has 7 nitrogen and oxygen atoms in total. The predicted octanol–water partition coefficient (Wildman–Crippen LogP) is 2.10. The molecule has 0 aromatic heterocycles. The first-order valence-corrected chi connectivity index (χ1v) is 11.0. The Hall–Kier alpha value is -3.21. The van der Waals surface area contributed by atoms with Crippen LogP contribution < -0.4 is 9.80 Å². The molecule has 1 N–H and O–H groups in total. The molecule has 2 amide bonds. The molecule has 4 unspecified atom stereocenters. The molecule has 4 heterocycles. The van der Waals surface area contributed by atoms with E-state index in [1.807, 2.05) is 30.3 Å². The Labute approximate surface area is 186 Å². The monoisotopic (exact) mass is 428 g/mol. The highest BCUT2D eigenvalue weighted by Gasteiger charge is 2.77. The molecule has 2 saturated heterocycles. The highest BCUT2D eigenvalue weighted by molar-refractivity contribution is 6.10. The van der Waals surface area contributed by atoms with Gasteiger partial charge >= 0.3 is 0 Å². The van der Waals surface area contributed by atoms with Crippen LogP contribution in [0.5, 0.6) is 0 Å². The van der Waals surface area contributed by atoms with Crippen LogP contribution in [0.3, 0.4) is 0 Å². The summed E-state index contributed by atoms with van der Waals surface area (Å²) in [5.74, 6) is -0.602. The zero-order valence-electron chi connectivity index (χ0n) is 18.1. The molecule has 4 aliphatic rings. The number of anilines is 2. The number of nitrogens with zero attached hydrogens (tertiary/aromatic N) is 4. The van der Waals surface area contributed by atoms with Crippen molar-refractivity contribution >= 4 is 23.2 Å². The number of aliphatic hydroxyl groups is 1. The average molecular weight is 428 g/mol. The lowest BCUT2D eigenvalue weighted by molar-refractivity contribution is -0.149. The van der Waals surface area contributed by atoms with Gasteiger partial charge in [0, 0.05) is 43.4 Å². The van der Waals surface area contributed by atoms with Crippen molar-refractivity contribution < 1.29 is 14.7 Å². The van der Waals surface area contributed by atoms with E-state index in [9.17, 15) is 20.0 Å². The Balaban J connectivity index is 1.63. The summed E-state index contributed by atoms with van der Waals surface area (Å²) < 4.78 is 0. The normalized spacial score (nSPS) is 35.4. The number of likely N-dealkylation sites (N-methyl/N-ethyl adjacent to an activating group) is 2. The molecule has 32 heavy (non-hydrogen) atoms. The van der Waals surface area contributed by atoms with Gasteiger partial charge in [0.05, 0.1) is 11.8 Å². The van der Waals surface area contributed by atoms with E-state index in [0.717, 1.165) is 17.7 Å². The number of carbonyl (C=O) groups excluding carboxylic acids is 2. The van der Waals surface area contributed by atoms with E-state index in [4.69, 9.17) is 0 Å². The summed E-state index contributed by atoms with van der Waals surface area (Å²) in [4.78, 5) is 32.7. The molecule has 0 saturated carbocycles. The molecule has 1 spiro atoms. The van der Waals surface area contributed by atoms with Gasteiger partial charge < -0.3 is 14.9 Å². The first-order valence-electron chi connectivity index (χ1n) is 11.0. The summed E-state index contributed by atoms with van der Waals surface area (Å²) in [5.41, 5.74) is -1.82. The van der Waals surface area contributed by atoms with Crippen LogP contribution in [0.1, 0.15) is 30.4 Å². The van der Waals surface area contributed by atoms with Gasteiger partial charge in [-0.3, -0.25) is 14.5 Å². The van der Waals surface area contributed by atoms with E-state index in [2.05, 4.69) is 11.0 Å². The lowest BCUT2D eigenvalue weighted by atomic mass is 9.62. The summed E-state index contributed by atoms with van der Waals surface area (Å²) in [5, 5.41) is 23.0. The molecule has 4 atom stereocenters. The van der Waals surface area contributed by atoms with Crippen molar-refractivity contribution in [2.75, 3.05) is 30.4 Å². The van der Waals surface area contributed by atoms with Crippen molar-refractivity contribution in [3.63, 3.8) is 0 Å². The van der Waals surface area contributed by atoms with Gasteiger partial charge in [-0.25, -0.2) is 0 Å². The summed E-state index contributed by atoms with van der Waals surface area (Å²) in [6, 6.07) is 16.8. The molecule has 0 radical (unpaired) electrons. The third-order valence-electron chi connectivity index (χ3n) is 8.33.